The fraction of sp³-hybridized carbons (Fsp3) is 0.417. The number of aryl methyl sites for hydroxylation is 2. The minimum atomic E-state index is -1.07. The Hall–Kier alpha value is -1.22. The van der Waals surface area contributed by atoms with Gasteiger partial charge in [0.15, 0.2) is 5.38 Å². The van der Waals surface area contributed by atoms with E-state index < -0.39 is 11.3 Å². The van der Waals surface area contributed by atoms with Gasteiger partial charge in [-0.2, -0.15) is 0 Å². The molecule has 88 valence electrons. The average Bonchev–Trinajstić information content (AvgIpc) is 2.23. The van der Waals surface area contributed by atoms with E-state index in [9.17, 15) is 4.79 Å². The van der Waals surface area contributed by atoms with Gasteiger partial charge >= 0.3 is 5.97 Å². The van der Waals surface area contributed by atoms with Crippen molar-refractivity contribution in [3.63, 3.8) is 0 Å². The van der Waals surface area contributed by atoms with Crippen LogP contribution in [0.5, 0.6) is 5.75 Å². The summed E-state index contributed by atoms with van der Waals surface area (Å²) in [6, 6.07) is 3.95. The summed E-state index contributed by atoms with van der Waals surface area (Å²) in [6.45, 7) is 5.83. The highest BCUT2D eigenvalue weighted by Gasteiger charge is 2.15. The Morgan fingerprint density at radius 3 is 2.50 bits per heavy atom. The molecule has 1 aromatic rings. The van der Waals surface area contributed by atoms with Gasteiger partial charge in [-0.3, -0.25) is 4.79 Å². The van der Waals surface area contributed by atoms with Gasteiger partial charge in [0.25, 0.3) is 0 Å². The molecule has 3 nitrogen and oxygen atoms in total. The van der Waals surface area contributed by atoms with E-state index in [4.69, 9.17) is 21.4 Å². The number of rotatable bonds is 4. The summed E-state index contributed by atoms with van der Waals surface area (Å²) in [7, 11) is 0. The molecule has 0 heterocycles. The van der Waals surface area contributed by atoms with Crippen molar-refractivity contribution in [1.82, 2.24) is 0 Å². The third-order valence-corrected chi connectivity index (χ3v) is 2.83. The summed E-state index contributed by atoms with van der Waals surface area (Å²) >= 11 is 5.59. The predicted octanol–water partition coefficient (Wildman–Crippen LogP) is 2.68. The molecule has 1 N–H and O–H groups in total. The Kier molecular flexibility index (Phi) is 4.19. The van der Waals surface area contributed by atoms with E-state index in [1.54, 1.807) is 0 Å². The molecule has 0 aliphatic heterocycles. The van der Waals surface area contributed by atoms with E-state index in [0.717, 1.165) is 22.4 Å². The lowest BCUT2D eigenvalue weighted by molar-refractivity contribution is -0.137. The Morgan fingerprint density at radius 2 is 1.94 bits per heavy atom. The fourth-order valence-electron chi connectivity index (χ4n) is 1.38. The highest BCUT2D eigenvalue weighted by atomic mass is 35.5. The predicted molar refractivity (Wildman–Crippen MR) is 63.4 cm³/mol. The maximum absolute atomic E-state index is 10.5. The second kappa shape index (κ2) is 5.21. The molecule has 0 saturated heterocycles. The van der Waals surface area contributed by atoms with Gasteiger partial charge in [0.2, 0.25) is 0 Å². The molecule has 0 bridgehead atoms. The van der Waals surface area contributed by atoms with Gasteiger partial charge in [-0.1, -0.05) is 12.1 Å². The highest BCUT2D eigenvalue weighted by Crippen LogP contribution is 2.26. The van der Waals surface area contributed by atoms with Crippen molar-refractivity contribution < 1.29 is 14.6 Å². The van der Waals surface area contributed by atoms with Crippen LogP contribution in [0.4, 0.5) is 0 Å². The lowest BCUT2D eigenvalue weighted by Crippen LogP contribution is -2.22. The van der Waals surface area contributed by atoms with Crippen molar-refractivity contribution in [2.45, 2.75) is 26.1 Å². The third kappa shape index (κ3) is 2.89. The quantitative estimate of drug-likeness (QED) is 0.826. The maximum atomic E-state index is 10.5. The SMILES string of the molecule is Cc1ccc(C)c(OCC(Cl)C(=O)O)c1C. The molecule has 1 atom stereocenters. The van der Waals surface area contributed by atoms with Crippen LogP contribution in [0, 0.1) is 20.8 Å². The molecule has 4 heteroatoms. The molecule has 1 aromatic carbocycles. The zero-order chi connectivity index (χ0) is 12.3. The van der Waals surface area contributed by atoms with Gasteiger partial charge in [-0.05, 0) is 37.5 Å². The van der Waals surface area contributed by atoms with Gasteiger partial charge in [-0.15, -0.1) is 11.6 Å². The molecule has 0 radical (unpaired) electrons. The van der Waals surface area contributed by atoms with Crippen molar-refractivity contribution in [3.8, 4) is 5.75 Å². The van der Waals surface area contributed by atoms with Crippen LogP contribution in [-0.4, -0.2) is 23.1 Å². The van der Waals surface area contributed by atoms with Gasteiger partial charge in [-0.25, -0.2) is 0 Å². The van der Waals surface area contributed by atoms with Crippen LogP contribution in [-0.2, 0) is 4.79 Å². The summed E-state index contributed by atoms with van der Waals surface area (Å²) in [4.78, 5) is 10.5. The van der Waals surface area contributed by atoms with E-state index in [0.29, 0.717) is 0 Å². The summed E-state index contributed by atoms with van der Waals surface area (Å²) in [5, 5.41) is 7.63. The first-order chi connectivity index (χ1) is 7.43. The smallest absolute Gasteiger partial charge is 0.325 e. The molecule has 1 rings (SSSR count). The van der Waals surface area contributed by atoms with Gasteiger partial charge in [0.1, 0.15) is 12.4 Å². The first-order valence-corrected chi connectivity index (χ1v) is 5.43. The number of alkyl halides is 1. The number of carbonyl (C=O) groups is 1. The number of carboxylic acids is 1. The molecule has 1 unspecified atom stereocenters. The van der Waals surface area contributed by atoms with E-state index in [-0.39, 0.29) is 6.61 Å². The first kappa shape index (κ1) is 12.8. The topological polar surface area (TPSA) is 46.5 Å². The van der Waals surface area contributed by atoms with Gasteiger partial charge in [0, 0.05) is 0 Å². The van der Waals surface area contributed by atoms with Crippen molar-refractivity contribution in [2.24, 2.45) is 0 Å². The van der Waals surface area contributed by atoms with E-state index in [1.165, 1.54) is 0 Å². The Morgan fingerprint density at radius 1 is 1.38 bits per heavy atom. The number of benzene rings is 1. The molecule has 0 fully saturated rings. The molecule has 0 amide bonds. The van der Waals surface area contributed by atoms with Gasteiger partial charge < -0.3 is 9.84 Å². The largest absolute Gasteiger partial charge is 0.491 e. The molecular formula is C12H15ClO3. The van der Waals surface area contributed by atoms with Crippen LogP contribution in [0.1, 0.15) is 16.7 Å². The maximum Gasteiger partial charge on any atom is 0.325 e. The Balaban J connectivity index is 2.81. The normalized spacial score (nSPS) is 12.2. The number of hydrogen-bond acceptors (Lipinski definition) is 2. The van der Waals surface area contributed by atoms with Crippen molar-refractivity contribution in [2.75, 3.05) is 6.61 Å². The van der Waals surface area contributed by atoms with Crippen molar-refractivity contribution in [3.05, 3.63) is 28.8 Å². The summed E-state index contributed by atoms with van der Waals surface area (Å²) in [5.74, 6) is -0.337. The second-order valence-corrected chi connectivity index (χ2v) is 4.30. The third-order valence-electron chi connectivity index (χ3n) is 2.52. The van der Waals surface area contributed by atoms with Crippen LogP contribution >= 0.6 is 11.6 Å². The average molecular weight is 243 g/mol. The zero-order valence-corrected chi connectivity index (χ0v) is 10.3. The van der Waals surface area contributed by atoms with E-state index in [1.807, 2.05) is 32.9 Å². The molecule has 0 saturated carbocycles. The second-order valence-electron chi connectivity index (χ2n) is 3.77. The number of hydrogen-bond donors (Lipinski definition) is 1. The summed E-state index contributed by atoms with van der Waals surface area (Å²) < 4.78 is 5.46. The molecule has 0 aromatic heterocycles. The zero-order valence-electron chi connectivity index (χ0n) is 9.58. The fourth-order valence-corrected chi connectivity index (χ4v) is 1.44. The van der Waals surface area contributed by atoms with Crippen LogP contribution < -0.4 is 4.74 Å². The van der Waals surface area contributed by atoms with Crippen LogP contribution in [0.15, 0.2) is 12.1 Å². The summed E-state index contributed by atoms with van der Waals surface area (Å²) in [5.41, 5.74) is 3.12. The molecular weight excluding hydrogens is 228 g/mol. The lowest BCUT2D eigenvalue weighted by atomic mass is 10.1. The number of aliphatic carboxylic acids is 1. The Bertz CT molecular complexity index is 401. The highest BCUT2D eigenvalue weighted by molar-refractivity contribution is 6.29. The van der Waals surface area contributed by atoms with Crippen LogP contribution in [0.3, 0.4) is 0 Å². The van der Waals surface area contributed by atoms with Crippen LogP contribution in [0.2, 0.25) is 0 Å². The molecule has 0 spiro atoms. The standard InChI is InChI=1S/C12H15ClO3/c1-7-4-5-8(2)11(9(7)3)16-6-10(13)12(14)15/h4-5,10H,6H2,1-3H3,(H,14,15). The molecule has 16 heavy (non-hydrogen) atoms. The molecule has 0 aliphatic carbocycles. The van der Waals surface area contributed by atoms with E-state index in [2.05, 4.69) is 0 Å². The molecule has 0 aliphatic rings. The van der Waals surface area contributed by atoms with Crippen molar-refractivity contribution >= 4 is 17.6 Å². The summed E-state index contributed by atoms with van der Waals surface area (Å²) in [6.07, 6.45) is 0. The van der Waals surface area contributed by atoms with Crippen LogP contribution in [0.25, 0.3) is 0 Å². The number of carboxylic acid groups (broad SMARTS) is 1. The Labute approximate surface area is 100.0 Å². The van der Waals surface area contributed by atoms with Gasteiger partial charge in [0.05, 0.1) is 0 Å². The minimum Gasteiger partial charge on any atom is -0.491 e. The van der Waals surface area contributed by atoms with Crippen molar-refractivity contribution in [1.29, 1.82) is 0 Å². The van der Waals surface area contributed by atoms with E-state index >= 15 is 0 Å². The lowest BCUT2D eigenvalue weighted by Gasteiger charge is -2.14. The monoisotopic (exact) mass is 242 g/mol. The number of halogens is 1. The number of ether oxygens (including phenoxy) is 1. The minimum absolute atomic E-state index is 0.0258. The first-order valence-electron chi connectivity index (χ1n) is 5.00.